The highest BCUT2D eigenvalue weighted by atomic mass is 79.9. The average Bonchev–Trinajstić information content (AvgIpc) is 3.00. The number of imidazole rings is 1. The Balaban J connectivity index is 2.10. The van der Waals surface area contributed by atoms with Crippen LogP contribution in [0.2, 0.25) is 0 Å². The number of nitro benzene ring substituents is 1. The van der Waals surface area contributed by atoms with Gasteiger partial charge in [0.2, 0.25) is 0 Å². The molecule has 0 fully saturated rings. The second-order valence-corrected chi connectivity index (χ2v) is 6.77. The zero-order chi connectivity index (χ0) is 19.7. The molecule has 0 aliphatic rings. The number of amides is 1. The molecule has 1 amide bonds. The fourth-order valence-electron chi connectivity index (χ4n) is 2.85. The summed E-state index contributed by atoms with van der Waals surface area (Å²) in [4.78, 5) is 28.1. The van der Waals surface area contributed by atoms with Crippen LogP contribution < -0.4 is 10.1 Å². The lowest BCUT2D eigenvalue weighted by molar-refractivity contribution is -0.384. The lowest BCUT2D eigenvalue weighted by Crippen LogP contribution is -2.17. The molecule has 0 aliphatic carbocycles. The summed E-state index contributed by atoms with van der Waals surface area (Å²) in [7, 11) is 1.43. The average molecular weight is 433 g/mol. The van der Waals surface area contributed by atoms with Gasteiger partial charge in [-0.3, -0.25) is 19.3 Å². The molecule has 0 saturated carbocycles. The highest BCUT2D eigenvalue weighted by Crippen LogP contribution is 2.30. The van der Waals surface area contributed by atoms with E-state index in [1.165, 1.54) is 25.3 Å². The third-order valence-corrected chi connectivity index (χ3v) is 4.66. The van der Waals surface area contributed by atoms with E-state index < -0.39 is 10.8 Å². The van der Waals surface area contributed by atoms with E-state index in [2.05, 4.69) is 26.2 Å². The number of nitro groups is 1. The van der Waals surface area contributed by atoms with Gasteiger partial charge in [-0.05, 0) is 47.0 Å². The first kappa shape index (κ1) is 18.8. The van der Waals surface area contributed by atoms with E-state index in [9.17, 15) is 14.9 Å². The Morgan fingerprint density at radius 1 is 1.41 bits per heavy atom. The molecule has 0 aliphatic heterocycles. The molecule has 0 spiro atoms. The van der Waals surface area contributed by atoms with Gasteiger partial charge in [-0.1, -0.05) is 6.92 Å². The maximum absolute atomic E-state index is 13.0. The number of halogens is 1. The third-order valence-electron chi connectivity index (χ3n) is 4.08. The molecular weight excluding hydrogens is 416 g/mol. The van der Waals surface area contributed by atoms with Gasteiger partial charge in [0.05, 0.1) is 27.9 Å². The molecule has 27 heavy (non-hydrogen) atoms. The van der Waals surface area contributed by atoms with Crippen LogP contribution in [-0.2, 0) is 6.42 Å². The van der Waals surface area contributed by atoms with Crippen molar-refractivity contribution in [3.05, 3.63) is 62.0 Å². The number of aryl methyl sites for hydroxylation is 2. The molecule has 0 radical (unpaired) electrons. The van der Waals surface area contributed by atoms with E-state index in [1.54, 1.807) is 4.40 Å². The first-order chi connectivity index (χ1) is 12.8. The number of ether oxygens (including phenoxy) is 1. The molecule has 2 heterocycles. The summed E-state index contributed by atoms with van der Waals surface area (Å²) >= 11 is 3.48. The Hall–Kier alpha value is -2.94. The second-order valence-electron chi connectivity index (χ2n) is 5.92. The van der Waals surface area contributed by atoms with Crippen molar-refractivity contribution in [1.82, 2.24) is 9.38 Å². The number of non-ortho nitro benzene ring substituents is 1. The minimum atomic E-state index is -0.527. The Kier molecular flexibility index (Phi) is 5.13. The standard InChI is InChI=1S/C18H17BrN4O4/c1-4-13-16(22-9-10(2)7-12(19)17(22)20-13)18(24)21-14-8-11(23(25)26)5-6-15(14)27-3/h5-9H,4H2,1-3H3,(H,21,24). The number of carbonyl (C=O) groups is 1. The molecule has 3 rings (SSSR count). The minimum absolute atomic E-state index is 0.140. The van der Waals surface area contributed by atoms with Crippen LogP contribution in [-0.4, -0.2) is 27.3 Å². The molecule has 0 atom stereocenters. The summed E-state index contributed by atoms with van der Waals surface area (Å²) in [6, 6.07) is 5.96. The Morgan fingerprint density at radius 2 is 2.15 bits per heavy atom. The van der Waals surface area contributed by atoms with Crippen LogP contribution in [0, 0.1) is 17.0 Å². The van der Waals surface area contributed by atoms with Crippen molar-refractivity contribution < 1.29 is 14.5 Å². The molecule has 3 aromatic rings. The first-order valence-electron chi connectivity index (χ1n) is 8.16. The van der Waals surface area contributed by atoms with Crippen LogP contribution in [0.1, 0.15) is 28.7 Å². The molecule has 0 saturated heterocycles. The number of benzene rings is 1. The molecule has 9 heteroatoms. The maximum atomic E-state index is 13.0. The van der Waals surface area contributed by atoms with Crippen LogP contribution in [0.5, 0.6) is 5.75 Å². The van der Waals surface area contributed by atoms with Crippen molar-refractivity contribution in [1.29, 1.82) is 0 Å². The van der Waals surface area contributed by atoms with Crippen LogP contribution in [0.15, 0.2) is 34.9 Å². The van der Waals surface area contributed by atoms with Gasteiger partial charge in [-0.25, -0.2) is 4.98 Å². The molecule has 8 nitrogen and oxygen atoms in total. The summed E-state index contributed by atoms with van der Waals surface area (Å²) in [5, 5.41) is 13.8. The van der Waals surface area contributed by atoms with Gasteiger partial charge < -0.3 is 10.1 Å². The van der Waals surface area contributed by atoms with E-state index in [4.69, 9.17) is 4.74 Å². The van der Waals surface area contributed by atoms with Crippen molar-refractivity contribution in [2.24, 2.45) is 0 Å². The molecule has 1 N–H and O–H groups in total. The molecule has 0 bridgehead atoms. The van der Waals surface area contributed by atoms with E-state index in [-0.39, 0.29) is 11.4 Å². The number of methoxy groups -OCH3 is 1. The Morgan fingerprint density at radius 3 is 2.78 bits per heavy atom. The van der Waals surface area contributed by atoms with Crippen molar-refractivity contribution in [2.75, 3.05) is 12.4 Å². The molecule has 140 valence electrons. The smallest absolute Gasteiger partial charge is 0.274 e. The Bertz CT molecular complexity index is 1060. The van der Waals surface area contributed by atoms with Gasteiger partial charge >= 0.3 is 0 Å². The number of nitrogens with zero attached hydrogens (tertiary/aromatic N) is 3. The number of carbonyl (C=O) groups excluding carboxylic acids is 1. The van der Waals surface area contributed by atoms with E-state index in [1.807, 2.05) is 26.1 Å². The number of hydrogen-bond acceptors (Lipinski definition) is 5. The summed E-state index contributed by atoms with van der Waals surface area (Å²) in [5.41, 5.74) is 2.68. The van der Waals surface area contributed by atoms with Gasteiger partial charge in [-0.15, -0.1) is 0 Å². The fraction of sp³-hybridized carbons (Fsp3) is 0.222. The number of pyridine rings is 1. The molecule has 1 aromatic carbocycles. The van der Waals surface area contributed by atoms with Crippen molar-refractivity contribution in [3.8, 4) is 5.75 Å². The topological polar surface area (TPSA) is 98.8 Å². The van der Waals surface area contributed by atoms with Crippen LogP contribution >= 0.6 is 15.9 Å². The predicted octanol–water partition coefficient (Wildman–Crippen LogP) is 4.14. The molecular formula is C18H17BrN4O4. The van der Waals surface area contributed by atoms with E-state index in [0.29, 0.717) is 29.2 Å². The van der Waals surface area contributed by atoms with E-state index >= 15 is 0 Å². The second kappa shape index (κ2) is 7.36. The zero-order valence-corrected chi connectivity index (χ0v) is 16.5. The van der Waals surface area contributed by atoms with Crippen LogP contribution in [0.25, 0.3) is 5.65 Å². The van der Waals surface area contributed by atoms with Crippen molar-refractivity contribution in [2.45, 2.75) is 20.3 Å². The third kappa shape index (κ3) is 3.50. The predicted molar refractivity (Wildman–Crippen MR) is 105 cm³/mol. The van der Waals surface area contributed by atoms with Gasteiger partial charge in [0.1, 0.15) is 11.4 Å². The number of fused-ring (bicyclic) bond motifs is 1. The van der Waals surface area contributed by atoms with E-state index in [0.717, 1.165) is 10.0 Å². The first-order valence-corrected chi connectivity index (χ1v) is 8.95. The maximum Gasteiger partial charge on any atom is 0.274 e. The van der Waals surface area contributed by atoms with Crippen LogP contribution in [0.4, 0.5) is 11.4 Å². The highest BCUT2D eigenvalue weighted by molar-refractivity contribution is 9.10. The van der Waals surface area contributed by atoms with Gasteiger partial charge in [-0.2, -0.15) is 0 Å². The molecule has 2 aromatic heterocycles. The minimum Gasteiger partial charge on any atom is -0.495 e. The largest absolute Gasteiger partial charge is 0.495 e. The van der Waals surface area contributed by atoms with Gasteiger partial charge in [0, 0.05) is 18.3 Å². The lowest BCUT2D eigenvalue weighted by atomic mass is 10.2. The number of hydrogen-bond donors (Lipinski definition) is 1. The zero-order valence-electron chi connectivity index (χ0n) is 14.9. The van der Waals surface area contributed by atoms with Crippen LogP contribution in [0.3, 0.4) is 0 Å². The summed E-state index contributed by atoms with van der Waals surface area (Å²) < 4.78 is 7.71. The molecule has 0 unspecified atom stereocenters. The summed E-state index contributed by atoms with van der Waals surface area (Å²) in [5.74, 6) is -0.0890. The normalized spacial score (nSPS) is 10.8. The summed E-state index contributed by atoms with van der Waals surface area (Å²) in [6.45, 7) is 3.83. The number of aromatic nitrogens is 2. The Labute approximate surface area is 163 Å². The van der Waals surface area contributed by atoms with Gasteiger partial charge in [0.15, 0.2) is 5.65 Å². The van der Waals surface area contributed by atoms with Gasteiger partial charge in [0.25, 0.3) is 11.6 Å². The lowest BCUT2D eigenvalue weighted by Gasteiger charge is -2.11. The highest BCUT2D eigenvalue weighted by Gasteiger charge is 2.22. The van der Waals surface area contributed by atoms with Crippen molar-refractivity contribution >= 4 is 38.9 Å². The number of nitrogens with one attached hydrogen (secondary N) is 1. The number of rotatable bonds is 5. The quantitative estimate of drug-likeness (QED) is 0.482. The summed E-state index contributed by atoms with van der Waals surface area (Å²) in [6.07, 6.45) is 2.38. The van der Waals surface area contributed by atoms with Crippen molar-refractivity contribution in [3.63, 3.8) is 0 Å². The fourth-order valence-corrected chi connectivity index (χ4v) is 3.50. The monoisotopic (exact) mass is 432 g/mol. The SMILES string of the molecule is CCc1nc2c(Br)cc(C)cn2c1C(=O)Nc1cc([N+](=O)[O-])ccc1OC. The number of anilines is 1.